The van der Waals surface area contributed by atoms with E-state index in [1.54, 1.807) is 12.1 Å². The minimum absolute atomic E-state index is 0.0462. The fraction of sp³-hybridized carbons (Fsp3) is 0.333. The summed E-state index contributed by atoms with van der Waals surface area (Å²) in [5.41, 5.74) is 0.491. The van der Waals surface area contributed by atoms with Crippen molar-refractivity contribution < 1.29 is 15.0 Å². The van der Waals surface area contributed by atoms with Crippen LogP contribution in [0.2, 0.25) is 15.1 Å². The van der Waals surface area contributed by atoms with Gasteiger partial charge in [0.2, 0.25) is 0 Å². The maximum absolute atomic E-state index is 11.0. The molecular weight excluding hydrogens is 445 g/mol. The van der Waals surface area contributed by atoms with Crippen LogP contribution in [-0.2, 0) is 0 Å². The summed E-state index contributed by atoms with van der Waals surface area (Å²) in [5.74, 6) is 0.313. The molecule has 1 aliphatic heterocycles. The Labute approximate surface area is 181 Å². The van der Waals surface area contributed by atoms with E-state index in [4.69, 9.17) is 39.9 Å². The Balaban J connectivity index is 0.000000234. The van der Waals surface area contributed by atoms with Crippen molar-refractivity contribution >= 4 is 51.9 Å². The molecule has 0 amide bonds. The van der Waals surface area contributed by atoms with Gasteiger partial charge in [-0.1, -0.05) is 34.8 Å². The Morgan fingerprint density at radius 1 is 0.931 bits per heavy atom. The lowest BCUT2D eigenvalue weighted by molar-refractivity contribution is -0.384. The smallest absolute Gasteiger partial charge is 0.294 e. The van der Waals surface area contributed by atoms with Gasteiger partial charge in [-0.3, -0.25) is 20.2 Å². The van der Waals surface area contributed by atoms with Crippen LogP contribution in [0.1, 0.15) is 12.8 Å². The van der Waals surface area contributed by atoms with Gasteiger partial charge >= 0.3 is 0 Å². The van der Waals surface area contributed by atoms with Crippen molar-refractivity contribution in [2.24, 2.45) is 5.92 Å². The monoisotopic (exact) mass is 461 g/mol. The number of nitro groups is 2. The van der Waals surface area contributed by atoms with E-state index in [9.17, 15) is 20.2 Å². The molecule has 1 fully saturated rings. The lowest BCUT2D eigenvalue weighted by Gasteiger charge is -2.32. The Kier molecular flexibility index (Phi) is 8.45. The first-order valence-electron chi connectivity index (χ1n) is 8.62. The van der Waals surface area contributed by atoms with E-state index in [1.165, 1.54) is 24.3 Å². The Hall–Kier alpha value is -2.13. The maximum atomic E-state index is 11.0. The summed E-state index contributed by atoms with van der Waals surface area (Å²) in [6.45, 7) is 1.65. The minimum atomic E-state index is -0.575. The van der Waals surface area contributed by atoms with Crippen molar-refractivity contribution in [3.05, 3.63) is 71.7 Å². The quantitative estimate of drug-likeness (QED) is 0.484. The second kappa shape index (κ2) is 10.6. The molecule has 29 heavy (non-hydrogen) atoms. The average Bonchev–Trinajstić information content (AvgIpc) is 2.70. The lowest BCUT2D eigenvalue weighted by Crippen LogP contribution is -2.35. The van der Waals surface area contributed by atoms with Crippen LogP contribution in [-0.4, -0.2) is 34.6 Å². The number of halogens is 3. The molecule has 3 rings (SSSR count). The predicted molar refractivity (Wildman–Crippen MR) is 113 cm³/mol. The van der Waals surface area contributed by atoms with Gasteiger partial charge in [-0.05, 0) is 43.0 Å². The van der Waals surface area contributed by atoms with Crippen molar-refractivity contribution in [3.63, 3.8) is 0 Å². The van der Waals surface area contributed by atoms with Gasteiger partial charge in [-0.2, -0.15) is 0 Å². The molecule has 1 aliphatic rings. The van der Waals surface area contributed by atoms with Gasteiger partial charge in [-0.25, -0.2) is 0 Å². The molecule has 0 saturated carbocycles. The second-order valence-corrected chi connectivity index (χ2v) is 7.64. The van der Waals surface area contributed by atoms with Crippen molar-refractivity contribution in [1.29, 1.82) is 0 Å². The summed E-state index contributed by atoms with van der Waals surface area (Å²) in [4.78, 5) is 22.3. The number of aliphatic hydroxyl groups is 1. The largest absolute Gasteiger partial charge is 0.396 e. The number of piperidine rings is 1. The number of nitro benzene ring substituents is 2. The molecule has 156 valence electrons. The highest BCUT2D eigenvalue weighted by atomic mass is 35.5. The van der Waals surface area contributed by atoms with Crippen LogP contribution in [0, 0.1) is 26.1 Å². The van der Waals surface area contributed by atoms with Crippen molar-refractivity contribution in [2.75, 3.05) is 24.6 Å². The molecule has 1 heterocycles. The number of hydrogen-bond acceptors (Lipinski definition) is 6. The van der Waals surface area contributed by atoms with Gasteiger partial charge < -0.3 is 10.0 Å². The number of nitrogens with zero attached hydrogens (tertiary/aromatic N) is 3. The molecule has 0 aromatic heterocycles. The van der Waals surface area contributed by atoms with E-state index < -0.39 is 9.85 Å². The third-order valence-corrected chi connectivity index (χ3v) is 5.24. The Morgan fingerprint density at radius 3 is 1.93 bits per heavy atom. The molecule has 0 unspecified atom stereocenters. The normalized spacial score (nSPS) is 14.1. The van der Waals surface area contributed by atoms with Crippen LogP contribution in [0.25, 0.3) is 0 Å². The third kappa shape index (κ3) is 6.43. The van der Waals surface area contributed by atoms with E-state index >= 15 is 0 Å². The van der Waals surface area contributed by atoms with Gasteiger partial charge in [-0.15, -0.1) is 0 Å². The molecule has 1 N–H and O–H groups in total. The zero-order chi connectivity index (χ0) is 21.6. The van der Waals surface area contributed by atoms with E-state index in [-0.39, 0.29) is 23.0 Å². The molecule has 0 atom stereocenters. The van der Waals surface area contributed by atoms with Crippen LogP contribution < -0.4 is 4.90 Å². The standard InChI is InChI=1S/C12H15ClN2O3.C6H3Cl2NO2/c13-10-1-2-11(12(7-10)15(17)18)14-5-3-9(8-16)4-6-14;7-4-1-2-5(8)6(3-4)9(10)11/h1-2,7,9,16H,3-6,8H2;1-3H. The molecule has 0 bridgehead atoms. The molecule has 8 nitrogen and oxygen atoms in total. The average molecular weight is 463 g/mol. The van der Waals surface area contributed by atoms with Crippen molar-refractivity contribution in [3.8, 4) is 0 Å². The summed E-state index contributed by atoms with van der Waals surface area (Å²) in [6, 6.07) is 8.85. The summed E-state index contributed by atoms with van der Waals surface area (Å²) in [7, 11) is 0. The summed E-state index contributed by atoms with van der Waals surface area (Å²) >= 11 is 16.8. The zero-order valence-electron chi connectivity index (χ0n) is 15.1. The van der Waals surface area contributed by atoms with Gasteiger partial charge in [0.05, 0.1) is 9.85 Å². The Morgan fingerprint density at radius 2 is 1.45 bits per heavy atom. The number of hydrogen-bond donors (Lipinski definition) is 1. The number of benzene rings is 2. The molecule has 1 saturated heterocycles. The highest BCUT2D eigenvalue weighted by molar-refractivity contribution is 6.34. The first kappa shape index (κ1) is 23.2. The number of aliphatic hydroxyl groups excluding tert-OH is 1. The maximum Gasteiger partial charge on any atom is 0.294 e. The van der Waals surface area contributed by atoms with E-state index in [0.29, 0.717) is 21.7 Å². The highest BCUT2D eigenvalue weighted by Crippen LogP contribution is 2.33. The first-order valence-corrected chi connectivity index (χ1v) is 9.75. The van der Waals surface area contributed by atoms with Gasteiger partial charge in [0, 0.05) is 41.9 Å². The van der Waals surface area contributed by atoms with Crippen LogP contribution in [0.3, 0.4) is 0 Å². The number of anilines is 1. The lowest BCUT2D eigenvalue weighted by atomic mass is 9.97. The van der Waals surface area contributed by atoms with Crippen molar-refractivity contribution in [1.82, 2.24) is 0 Å². The predicted octanol–water partition coefficient (Wildman–Crippen LogP) is 5.36. The molecule has 0 spiro atoms. The van der Waals surface area contributed by atoms with Crippen LogP contribution in [0.4, 0.5) is 17.1 Å². The van der Waals surface area contributed by atoms with E-state index in [1.807, 2.05) is 4.90 Å². The molecule has 0 aliphatic carbocycles. The van der Waals surface area contributed by atoms with Crippen LogP contribution >= 0.6 is 34.8 Å². The number of rotatable bonds is 4. The van der Waals surface area contributed by atoms with Crippen LogP contribution in [0.15, 0.2) is 36.4 Å². The molecular formula is C18H18Cl3N3O5. The van der Waals surface area contributed by atoms with E-state index in [2.05, 4.69) is 0 Å². The SMILES string of the molecule is O=[N+]([O-])c1cc(Cl)ccc1Cl.O=[N+]([O-])c1cc(Cl)ccc1N1CCC(CO)CC1. The molecule has 2 aromatic rings. The topological polar surface area (TPSA) is 110 Å². The van der Waals surface area contributed by atoms with Crippen LogP contribution in [0.5, 0.6) is 0 Å². The Bertz CT molecular complexity index is 889. The summed E-state index contributed by atoms with van der Waals surface area (Å²) in [6.07, 6.45) is 1.71. The zero-order valence-corrected chi connectivity index (χ0v) is 17.4. The third-order valence-electron chi connectivity index (χ3n) is 4.45. The summed E-state index contributed by atoms with van der Waals surface area (Å²) < 4.78 is 0. The molecule has 2 aromatic carbocycles. The fourth-order valence-electron chi connectivity index (χ4n) is 2.89. The van der Waals surface area contributed by atoms with Gasteiger partial charge in [0.15, 0.2) is 0 Å². The molecule has 11 heteroatoms. The van der Waals surface area contributed by atoms with E-state index in [0.717, 1.165) is 25.9 Å². The second-order valence-electron chi connectivity index (χ2n) is 6.36. The minimum Gasteiger partial charge on any atom is -0.396 e. The molecule has 0 radical (unpaired) electrons. The highest BCUT2D eigenvalue weighted by Gasteiger charge is 2.24. The van der Waals surface area contributed by atoms with Crippen molar-refractivity contribution in [2.45, 2.75) is 12.8 Å². The van der Waals surface area contributed by atoms with Gasteiger partial charge in [0.1, 0.15) is 10.7 Å². The first-order chi connectivity index (χ1) is 13.7. The summed E-state index contributed by atoms with van der Waals surface area (Å²) in [5, 5.41) is 31.1. The fourth-order valence-corrected chi connectivity index (χ4v) is 3.41. The van der Waals surface area contributed by atoms with Gasteiger partial charge in [0.25, 0.3) is 11.4 Å².